The number of ether oxygens (including phenoxy) is 2. The van der Waals surface area contributed by atoms with Gasteiger partial charge in [-0.1, -0.05) is 48.5 Å². The molecule has 1 saturated carbocycles. The van der Waals surface area contributed by atoms with Crippen molar-refractivity contribution in [1.29, 1.82) is 0 Å². The predicted molar refractivity (Wildman–Crippen MR) is 120 cm³/mol. The number of nitrogens with one attached hydrogen (secondary N) is 2. The topological polar surface area (TPSA) is 123 Å². The molecule has 0 aromatic heterocycles. The fourth-order valence-electron chi connectivity index (χ4n) is 4.71. The van der Waals surface area contributed by atoms with Crippen molar-refractivity contribution >= 4 is 18.0 Å². The van der Waals surface area contributed by atoms with Crippen molar-refractivity contribution in [3.8, 4) is 11.1 Å². The van der Waals surface area contributed by atoms with Gasteiger partial charge in [-0.2, -0.15) is 0 Å². The van der Waals surface area contributed by atoms with Crippen LogP contribution in [0.3, 0.4) is 0 Å². The molecule has 2 aromatic carbocycles. The Morgan fingerprint density at radius 2 is 1.65 bits per heavy atom. The molecule has 5 rings (SSSR count). The summed E-state index contributed by atoms with van der Waals surface area (Å²) < 4.78 is 11.0. The highest BCUT2D eigenvalue weighted by atomic mass is 16.7. The highest BCUT2D eigenvalue weighted by molar-refractivity contribution is 5.82. The molecule has 0 bridgehead atoms. The summed E-state index contributed by atoms with van der Waals surface area (Å²) in [5.74, 6) is -1.92. The van der Waals surface area contributed by atoms with Gasteiger partial charge < -0.3 is 19.9 Å². The van der Waals surface area contributed by atoms with Crippen molar-refractivity contribution in [1.82, 2.24) is 10.8 Å². The SMILES string of the molecule is O=C(NC1CCOC1C(=O)NOC(C(=O)O)C1CC1)OCC1c2ccccc2-c2ccccc21. The summed E-state index contributed by atoms with van der Waals surface area (Å²) in [6, 6.07) is 15.5. The first kappa shape index (κ1) is 22.4. The van der Waals surface area contributed by atoms with E-state index in [9.17, 15) is 19.5 Å². The lowest BCUT2D eigenvalue weighted by molar-refractivity contribution is -0.165. The number of carbonyl (C=O) groups is 3. The first-order valence-corrected chi connectivity index (χ1v) is 11.4. The lowest BCUT2D eigenvalue weighted by Gasteiger charge is -2.21. The third-order valence-electron chi connectivity index (χ3n) is 6.58. The fraction of sp³-hybridized carbons (Fsp3) is 0.400. The molecule has 2 aliphatic carbocycles. The number of benzene rings is 2. The summed E-state index contributed by atoms with van der Waals surface area (Å²) in [7, 11) is 0. The van der Waals surface area contributed by atoms with Crippen LogP contribution >= 0.6 is 0 Å². The highest BCUT2D eigenvalue weighted by Crippen LogP contribution is 2.44. The molecular weight excluding hydrogens is 440 g/mol. The zero-order valence-corrected chi connectivity index (χ0v) is 18.4. The van der Waals surface area contributed by atoms with Crippen molar-refractivity contribution in [2.75, 3.05) is 13.2 Å². The van der Waals surface area contributed by atoms with Crippen LogP contribution in [0.1, 0.15) is 36.3 Å². The molecule has 3 aliphatic rings. The Bertz CT molecular complexity index is 1050. The molecule has 0 radical (unpaired) electrons. The fourth-order valence-corrected chi connectivity index (χ4v) is 4.71. The number of hydroxylamine groups is 1. The molecule has 3 N–H and O–H groups in total. The molecule has 34 heavy (non-hydrogen) atoms. The van der Waals surface area contributed by atoms with Crippen LogP contribution in [0.15, 0.2) is 48.5 Å². The summed E-state index contributed by atoms with van der Waals surface area (Å²) in [4.78, 5) is 41.5. The van der Waals surface area contributed by atoms with Gasteiger partial charge in [0.15, 0.2) is 12.2 Å². The molecule has 1 aliphatic heterocycles. The van der Waals surface area contributed by atoms with E-state index in [0.717, 1.165) is 35.1 Å². The second-order valence-corrected chi connectivity index (χ2v) is 8.84. The number of alkyl carbamates (subject to hydrolysis) is 1. The lowest BCUT2D eigenvalue weighted by atomic mass is 9.98. The molecule has 3 unspecified atom stereocenters. The smallest absolute Gasteiger partial charge is 0.407 e. The van der Waals surface area contributed by atoms with E-state index in [-0.39, 0.29) is 25.0 Å². The number of carboxylic acids is 1. The minimum Gasteiger partial charge on any atom is -0.479 e. The van der Waals surface area contributed by atoms with Crippen LogP contribution in [-0.4, -0.2) is 54.5 Å². The van der Waals surface area contributed by atoms with Gasteiger partial charge in [-0.3, -0.25) is 9.63 Å². The summed E-state index contributed by atoms with van der Waals surface area (Å²) >= 11 is 0. The minimum atomic E-state index is -1.12. The van der Waals surface area contributed by atoms with Crippen molar-refractivity contribution in [3.63, 3.8) is 0 Å². The van der Waals surface area contributed by atoms with E-state index in [2.05, 4.69) is 22.9 Å². The van der Waals surface area contributed by atoms with E-state index in [1.165, 1.54) is 0 Å². The van der Waals surface area contributed by atoms with Gasteiger partial charge in [0.2, 0.25) is 0 Å². The predicted octanol–water partition coefficient (Wildman–Crippen LogP) is 2.59. The van der Waals surface area contributed by atoms with E-state index < -0.39 is 36.2 Å². The summed E-state index contributed by atoms with van der Waals surface area (Å²) in [5.41, 5.74) is 6.69. The number of carbonyl (C=O) groups excluding carboxylic acids is 2. The summed E-state index contributed by atoms with van der Waals surface area (Å²) in [6.45, 7) is 0.437. The van der Waals surface area contributed by atoms with E-state index in [4.69, 9.17) is 14.3 Å². The summed E-state index contributed by atoms with van der Waals surface area (Å²) in [6.07, 6.45) is -0.796. The Kier molecular flexibility index (Phi) is 6.21. The molecular formula is C25H26N2O7. The van der Waals surface area contributed by atoms with Crippen LogP contribution < -0.4 is 10.8 Å². The molecule has 2 fully saturated rings. The van der Waals surface area contributed by atoms with Crippen LogP contribution in [0, 0.1) is 5.92 Å². The normalized spacial score (nSPS) is 21.9. The summed E-state index contributed by atoms with van der Waals surface area (Å²) in [5, 5.41) is 11.9. The molecule has 3 atom stereocenters. The van der Waals surface area contributed by atoms with E-state index >= 15 is 0 Å². The molecule has 2 aromatic rings. The second kappa shape index (κ2) is 9.44. The number of rotatable bonds is 8. The first-order chi connectivity index (χ1) is 16.5. The van der Waals surface area contributed by atoms with Gasteiger partial charge in [0.05, 0.1) is 6.04 Å². The zero-order chi connectivity index (χ0) is 23.7. The number of hydrogen-bond donors (Lipinski definition) is 3. The van der Waals surface area contributed by atoms with Gasteiger partial charge in [0.1, 0.15) is 6.61 Å². The van der Waals surface area contributed by atoms with Gasteiger partial charge >= 0.3 is 12.1 Å². The van der Waals surface area contributed by atoms with Gasteiger partial charge in [0.25, 0.3) is 5.91 Å². The maximum atomic E-state index is 12.6. The Labute approximate surface area is 196 Å². The maximum absolute atomic E-state index is 12.6. The molecule has 0 spiro atoms. The third-order valence-corrected chi connectivity index (χ3v) is 6.58. The quantitative estimate of drug-likeness (QED) is 0.511. The Morgan fingerprint density at radius 3 is 2.26 bits per heavy atom. The van der Waals surface area contributed by atoms with Crippen molar-refractivity contribution < 1.29 is 33.8 Å². The van der Waals surface area contributed by atoms with Crippen LogP contribution in [0.25, 0.3) is 11.1 Å². The van der Waals surface area contributed by atoms with Crippen LogP contribution in [-0.2, 0) is 23.9 Å². The second-order valence-electron chi connectivity index (χ2n) is 8.84. The Hall–Kier alpha value is -3.43. The molecule has 9 heteroatoms. The largest absolute Gasteiger partial charge is 0.479 e. The lowest BCUT2D eigenvalue weighted by Crippen LogP contribution is -2.49. The number of aliphatic carboxylic acids is 1. The van der Waals surface area contributed by atoms with Crippen LogP contribution in [0.4, 0.5) is 4.79 Å². The van der Waals surface area contributed by atoms with Gasteiger partial charge in [0, 0.05) is 12.5 Å². The maximum Gasteiger partial charge on any atom is 0.407 e. The number of amides is 2. The third kappa shape index (κ3) is 4.49. The molecule has 1 saturated heterocycles. The standard InChI is InChI=1S/C25H26N2O7/c28-23(27-34-21(24(29)30)14-9-10-14)22-20(11-12-32-22)26-25(31)33-13-19-17-7-3-1-5-15(17)16-6-2-4-8-18(16)19/h1-8,14,19-22H,9-13H2,(H,26,31)(H,27,28)(H,29,30). The number of carboxylic acid groups (broad SMARTS) is 1. The molecule has 9 nitrogen and oxygen atoms in total. The molecule has 2 amide bonds. The average molecular weight is 466 g/mol. The number of fused-ring (bicyclic) bond motifs is 3. The number of hydrogen-bond acceptors (Lipinski definition) is 6. The minimum absolute atomic E-state index is 0.0687. The van der Waals surface area contributed by atoms with E-state index in [1.54, 1.807) is 0 Å². The molecule has 178 valence electrons. The van der Waals surface area contributed by atoms with Crippen molar-refractivity contribution in [3.05, 3.63) is 59.7 Å². The van der Waals surface area contributed by atoms with Gasteiger partial charge in [-0.25, -0.2) is 15.1 Å². The van der Waals surface area contributed by atoms with Crippen LogP contribution in [0.2, 0.25) is 0 Å². The Morgan fingerprint density at radius 1 is 1.00 bits per heavy atom. The van der Waals surface area contributed by atoms with Crippen molar-refractivity contribution in [2.24, 2.45) is 5.92 Å². The zero-order valence-electron chi connectivity index (χ0n) is 18.4. The van der Waals surface area contributed by atoms with Crippen LogP contribution in [0.5, 0.6) is 0 Å². The van der Waals surface area contributed by atoms with Crippen molar-refractivity contribution in [2.45, 2.75) is 43.4 Å². The van der Waals surface area contributed by atoms with E-state index in [0.29, 0.717) is 6.42 Å². The first-order valence-electron chi connectivity index (χ1n) is 11.4. The van der Waals surface area contributed by atoms with Gasteiger partial charge in [-0.05, 0) is 47.4 Å². The monoisotopic (exact) mass is 466 g/mol. The van der Waals surface area contributed by atoms with E-state index in [1.807, 2.05) is 36.4 Å². The molecule has 1 heterocycles. The highest BCUT2D eigenvalue weighted by Gasteiger charge is 2.40. The Balaban J connectivity index is 1.16. The average Bonchev–Trinajstić information content (AvgIpc) is 3.47. The van der Waals surface area contributed by atoms with Gasteiger partial charge in [-0.15, -0.1) is 0 Å².